The molecule has 5 heterocycles. The highest BCUT2D eigenvalue weighted by Gasteiger charge is 2.42. The van der Waals surface area contributed by atoms with Crippen LogP contribution in [0.15, 0.2) is 70.4 Å². The van der Waals surface area contributed by atoms with Crippen LogP contribution in [0.25, 0.3) is 16.6 Å². The zero-order valence-electron chi connectivity index (χ0n) is 27.6. The van der Waals surface area contributed by atoms with Crippen molar-refractivity contribution in [3.8, 4) is 0 Å². The number of hydrogen-bond acceptors (Lipinski definition) is 8. The third-order valence-electron chi connectivity index (χ3n) is 8.99. The Balaban J connectivity index is 0.00000124. The van der Waals surface area contributed by atoms with Crippen molar-refractivity contribution in [2.45, 2.75) is 45.2 Å². The van der Waals surface area contributed by atoms with E-state index in [0.29, 0.717) is 55.0 Å². The Kier molecular flexibility index (Phi) is 8.98. The summed E-state index contributed by atoms with van der Waals surface area (Å²) in [7, 11) is 5.06. The average molecular weight is 640 g/mol. The first kappa shape index (κ1) is 32.1. The maximum absolute atomic E-state index is 14.0. The number of amides is 1. The lowest BCUT2D eigenvalue weighted by Crippen LogP contribution is -2.36. The molecule has 2 aromatic carbocycles. The molecule has 0 saturated carbocycles. The lowest BCUT2D eigenvalue weighted by Gasteiger charge is -2.29. The van der Waals surface area contributed by atoms with E-state index in [9.17, 15) is 14.4 Å². The number of aryl methyl sites for hydroxylation is 3. The lowest BCUT2D eigenvalue weighted by atomic mass is 9.85. The van der Waals surface area contributed by atoms with Gasteiger partial charge >= 0.3 is 5.69 Å². The molecule has 5 aromatic rings. The molecule has 246 valence electrons. The molecule has 3 aromatic heterocycles. The third kappa shape index (κ3) is 6.06. The Labute approximate surface area is 272 Å². The highest BCUT2D eigenvalue weighted by molar-refractivity contribution is 6.07. The second-order valence-electron chi connectivity index (χ2n) is 12.5. The Morgan fingerprint density at radius 2 is 1.70 bits per heavy atom. The van der Waals surface area contributed by atoms with E-state index in [1.165, 1.54) is 9.08 Å². The van der Waals surface area contributed by atoms with Crippen molar-refractivity contribution in [2.24, 2.45) is 0 Å². The van der Waals surface area contributed by atoms with E-state index in [4.69, 9.17) is 9.72 Å². The summed E-state index contributed by atoms with van der Waals surface area (Å²) in [6.07, 6.45) is 2.64. The molecule has 0 unspecified atom stereocenters. The predicted octanol–water partition coefficient (Wildman–Crippen LogP) is 3.04. The van der Waals surface area contributed by atoms with Crippen LogP contribution in [0, 0.1) is 0 Å². The summed E-state index contributed by atoms with van der Waals surface area (Å²) in [6, 6.07) is 17.3. The van der Waals surface area contributed by atoms with Crippen LogP contribution < -0.4 is 21.0 Å². The number of nitrogens with zero attached hydrogens (tertiary/aromatic N) is 7. The second kappa shape index (κ2) is 13.1. The zero-order valence-corrected chi connectivity index (χ0v) is 27.6. The molecular formula is C35H41N7O5. The van der Waals surface area contributed by atoms with E-state index in [1.54, 1.807) is 49.1 Å². The van der Waals surface area contributed by atoms with Gasteiger partial charge in [-0.2, -0.15) is 0 Å². The largest absolute Gasteiger partial charge is 0.388 e. The number of morpholine rings is 1. The number of methoxy groups -OCH3 is 1. The van der Waals surface area contributed by atoms with Crippen LogP contribution in [0.1, 0.15) is 30.8 Å². The van der Waals surface area contributed by atoms with Gasteiger partial charge in [-0.05, 0) is 67.8 Å². The van der Waals surface area contributed by atoms with Gasteiger partial charge in [-0.1, -0.05) is 18.2 Å². The molecule has 0 bridgehead atoms. The van der Waals surface area contributed by atoms with Crippen LogP contribution >= 0.6 is 0 Å². The maximum atomic E-state index is 14.0. The summed E-state index contributed by atoms with van der Waals surface area (Å²) < 4.78 is 14.4. The molecule has 1 fully saturated rings. The number of anilines is 2. The number of benzene rings is 2. The molecule has 1 saturated heterocycles. The van der Waals surface area contributed by atoms with Crippen molar-refractivity contribution in [1.29, 1.82) is 0 Å². The molecule has 2 aliphatic rings. The molecule has 12 heteroatoms. The monoisotopic (exact) mass is 639 g/mol. The van der Waals surface area contributed by atoms with Crippen LogP contribution in [0.2, 0.25) is 0 Å². The van der Waals surface area contributed by atoms with Crippen molar-refractivity contribution in [2.75, 3.05) is 57.4 Å². The van der Waals surface area contributed by atoms with Crippen LogP contribution in [-0.2, 0) is 45.6 Å². The van der Waals surface area contributed by atoms with Gasteiger partial charge in [0.15, 0.2) is 5.65 Å². The number of pyridine rings is 1. The summed E-state index contributed by atoms with van der Waals surface area (Å²) in [5, 5.41) is 5.03. The SMILES string of the molecule is CN1C(=O)C(C)(C)c2cc(CCn3c(CCn4nc5ccccn5c4=O)nc4cc(N5CCOCC5)ccc4c3=O)ccc21.COC. The fourth-order valence-electron chi connectivity index (χ4n) is 6.43. The van der Waals surface area contributed by atoms with E-state index in [0.717, 1.165) is 35.6 Å². The van der Waals surface area contributed by atoms with Crippen LogP contribution in [-0.4, -0.2) is 77.2 Å². The smallest absolute Gasteiger partial charge is 0.350 e. The Morgan fingerprint density at radius 3 is 2.45 bits per heavy atom. The molecule has 12 nitrogen and oxygen atoms in total. The second-order valence-corrected chi connectivity index (χ2v) is 12.5. The van der Waals surface area contributed by atoms with E-state index >= 15 is 0 Å². The van der Waals surface area contributed by atoms with Gasteiger partial charge in [0.1, 0.15) is 5.82 Å². The quantitative estimate of drug-likeness (QED) is 0.267. The highest BCUT2D eigenvalue weighted by Crippen LogP contribution is 2.41. The summed E-state index contributed by atoms with van der Waals surface area (Å²) >= 11 is 0. The molecule has 0 atom stereocenters. The average Bonchev–Trinajstić information content (AvgIpc) is 3.49. The van der Waals surface area contributed by atoms with Gasteiger partial charge in [0.2, 0.25) is 5.91 Å². The Hall–Kier alpha value is -4.81. The summed E-state index contributed by atoms with van der Waals surface area (Å²) in [4.78, 5) is 48.7. The van der Waals surface area contributed by atoms with E-state index in [2.05, 4.69) is 20.8 Å². The number of rotatable bonds is 7. The van der Waals surface area contributed by atoms with E-state index < -0.39 is 5.41 Å². The van der Waals surface area contributed by atoms with Crippen LogP contribution in [0.5, 0.6) is 0 Å². The number of carbonyl (C=O) groups excluding carboxylic acids is 1. The fraction of sp³-hybridized carbons (Fsp3) is 0.400. The van der Waals surface area contributed by atoms with E-state index in [1.807, 2.05) is 50.2 Å². The van der Waals surface area contributed by atoms with Crippen molar-refractivity contribution in [3.05, 3.63) is 98.6 Å². The molecule has 0 radical (unpaired) electrons. The minimum atomic E-state index is -0.605. The molecule has 1 amide bonds. The number of hydrogen-bond donors (Lipinski definition) is 0. The number of fused-ring (bicyclic) bond motifs is 3. The molecular weight excluding hydrogens is 598 g/mol. The van der Waals surface area contributed by atoms with Gasteiger partial charge in [-0.15, -0.1) is 5.10 Å². The number of likely N-dealkylation sites (N-methyl/N-ethyl adjacent to an activating group) is 1. The van der Waals surface area contributed by atoms with Crippen LogP contribution in [0.3, 0.4) is 0 Å². The first-order valence-electron chi connectivity index (χ1n) is 15.9. The van der Waals surface area contributed by atoms with Gasteiger partial charge in [-0.3, -0.25) is 18.6 Å². The third-order valence-corrected chi connectivity index (χ3v) is 8.99. The minimum absolute atomic E-state index is 0.0699. The number of carbonyl (C=O) groups is 1. The molecule has 0 N–H and O–H groups in total. The van der Waals surface area contributed by atoms with Gasteiger partial charge < -0.3 is 19.3 Å². The summed E-state index contributed by atoms with van der Waals surface area (Å²) in [5.41, 5.74) is 4.21. The normalized spacial score (nSPS) is 15.6. The highest BCUT2D eigenvalue weighted by atomic mass is 16.5. The molecule has 7 rings (SSSR count). The maximum Gasteiger partial charge on any atom is 0.350 e. The van der Waals surface area contributed by atoms with E-state index in [-0.39, 0.29) is 23.7 Å². The summed E-state index contributed by atoms with van der Waals surface area (Å²) in [5.74, 6) is 0.669. The first-order chi connectivity index (χ1) is 22.6. The Morgan fingerprint density at radius 1 is 0.936 bits per heavy atom. The number of aromatic nitrogens is 5. The van der Waals surface area contributed by atoms with Crippen molar-refractivity contribution in [1.82, 2.24) is 23.7 Å². The molecule has 2 aliphatic heterocycles. The molecule has 0 aliphatic carbocycles. The Bertz CT molecular complexity index is 2060. The topological polar surface area (TPSA) is 116 Å². The van der Waals surface area contributed by atoms with Gasteiger partial charge in [0.05, 0.1) is 36.1 Å². The van der Waals surface area contributed by atoms with Crippen molar-refractivity contribution < 1.29 is 14.3 Å². The van der Waals surface area contributed by atoms with Gasteiger partial charge in [0.25, 0.3) is 5.56 Å². The van der Waals surface area contributed by atoms with Crippen molar-refractivity contribution >= 4 is 33.8 Å². The fourth-order valence-corrected chi connectivity index (χ4v) is 6.43. The zero-order chi connectivity index (χ0) is 33.3. The molecule has 0 spiro atoms. The van der Waals surface area contributed by atoms with Gasteiger partial charge in [-0.25, -0.2) is 14.5 Å². The predicted molar refractivity (Wildman–Crippen MR) is 182 cm³/mol. The first-order valence-corrected chi connectivity index (χ1v) is 15.9. The van der Waals surface area contributed by atoms with Crippen LogP contribution in [0.4, 0.5) is 11.4 Å². The van der Waals surface area contributed by atoms with Gasteiger partial charge in [0, 0.05) is 64.9 Å². The standard InChI is InChI=1S/C33H35N7O4.C2H6O/c1-33(2)25-20-22(7-10-27(25)36(3)31(33)42)11-14-38-28(12-15-40-32(43)39-13-5-4-6-29(39)35-40)34-26-21-23(8-9-24(26)30(38)41)37-16-18-44-19-17-37;1-3-2/h4-10,13,20-21H,11-12,14-19H2,1-3H3;1-2H3. The van der Waals surface area contributed by atoms with Crippen molar-refractivity contribution in [3.63, 3.8) is 0 Å². The number of ether oxygens (including phenoxy) is 2. The minimum Gasteiger partial charge on any atom is -0.388 e. The summed E-state index contributed by atoms with van der Waals surface area (Å²) in [6.45, 7) is 7.48. The lowest BCUT2D eigenvalue weighted by molar-refractivity contribution is -0.121. The molecule has 47 heavy (non-hydrogen) atoms.